The molecule has 4 nitrogen and oxygen atoms in total. The molecule has 0 saturated carbocycles. The van der Waals surface area contributed by atoms with Crippen LogP contribution in [0.3, 0.4) is 0 Å². The number of halogens is 2. The van der Waals surface area contributed by atoms with Crippen molar-refractivity contribution in [3.8, 4) is 0 Å². The van der Waals surface area contributed by atoms with Gasteiger partial charge in [-0.2, -0.15) is 0 Å². The van der Waals surface area contributed by atoms with Gasteiger partial charge in [-0.3, -0.25) is 9.69 Å². The summed E-state index contributed by atoms with van der Waals surface area (Å²) in [6.07, 6.45) is 0. The zero-order chi connectivity index (χ0) is 15.6. The quantitative estimate of drug-likeness (QED) is 0.854. The lowest BCUT2D eigenvalue weighted by Gasteiger charge is -2.37. The first-order valence-corrected chi connectivity index (χ1v) is 7.84. The fourth-order valence-electron chi connectivity index (χ4n) is 2.32. The van der Waals surface area contributed by atoms with Gasteiger partial charge in [-0.1, -0.05) is 35.4 Å². The summed E-state index contributed by atoms with van der Waals surface area (Å²) in [5, 5.41) is 0.923. The fourth-order valence-corrected chi connectivity index (χ4v) is 2.84. The van der Waals surface area contributed by atoms with E-state index in [9.17, 15) is 4.79 Å². The van der Waals surface area contributed by atoms with Gasteiger partial charge in [0, 0.05) is 31.2 Å². The third-order valence-electron chi connectivity index (χ3n) is 3.72. The molecule has 0 aliphatic carbocycles. The number of hydrogen-bond donors (Lipinski definition) is 1. The highest BCUT2D eigenvalue weighted by molar-refractivity contribution is 7.80. The summed E-state index contributed by atoms with van der Waals surface area (Å²) >= 11 is 17.0. The van der Waals surface area contributed by atoms with Crippen molar-refractivity contribution in [1.82, 2.24) is 9.80 Å². The maximum Gasteiger partial charge on any atom is 0.255 e. The van der Waals surface area contributed by atoms with Gasteiger partial charge in [-0.15, -0.1) is 0 Å². The van der Waals surface area contributed by atoms with Crippen LogP contribution in [0.15, 0.2) is 18.2 Å². The molecule has 114 valence electrons. The predicted octanol–water partition coefficient (Wildman–Crippen LogP) is 2.43. The number of piperazine rings is 1. The molecule has 0 bridgehead atoms. The van der Waals surface area contributed by atoms with Crippen molar-refractivity contribution in [2.24, 2.45) is 5.73 Å². The van der Waals surface area contributed by atoms with Crippen LogP contribution in [0.5, 0.6) is 0 Å². The number of carbonyl (C=O) groups excluding carboxylic acids is 1. The number of amides is 1. The Morgan fingerprint density at radius 2 is 1.90 bits per heavy atom. The van der Waals surface area contributed by atoms with Gasteiger partial charge in [-0.25, -0.2) is 0 Å². The van der Waals surface area contributed by atoms with E-state index in [1.165, 1.54) is 0 Å². The number of nitrogens with two attached hydrogens (primary N) is 1. The molecule has 2 rings (SSSR count). The van der Waals surface area contributed by atoms with Gasteiger partial charge in [0.2, 0.25) is 0 Å². The van der Waals surface area contributed by atoms with Crippen LogP contribution >= 0.6 is 35.4 Å². The minimum absolute atomic E-state index is 0.0482. The van der Waals surface area contributed by atoms with Crippen molar-refractivity contribution in [2.45, 2.75) is 13.0 Å². The summed E-state index contributed by atoms with van der Waals surface area (Å²) in [5.41, 5.74) is 6.11. The van der Waals surface area contributed by atoms with Crippen LogP contribution in [-0.2, 0) is 0 Å². The van der Waals surface area contributed by atoms with Gasteiger partial charge in [0.15, 0.2) is 0 Å². The fraction of sp³-hybridized carbons (Fsp3) is 0.429. The second-order valence-electron chi connectivity index (χ2n) is 5.03. The summed E-state index contributed by atoms with van der Waals surface area (Å²) in [6, 6.07) is 4.97. The van der Waals surface area contributed by atoms with Gasteiger partial charge in [0.05, 0.1) is 21.6 Å². The maximum absolute atomic E-state index is 12.5. The molecule has 1 aliphatic rings. The Bertz CT molecular complexity index is 559. The Morgan fingerprint density at radius 3 is 2.48 bits per heavy atom. The first kappa shape index (κ1) is 16.5. The third kappa shape index (κ3) is 3.86. The van der Waals surface area contributed by atoms with Crippen LogP contribution in [0.25, 0.3) is 0 Å². The number of rotatable bonds is 3. The number of thiocarbonyl (C=S) groups is 1. The molecule has 1 saturated heterocycles. The summed E-state index contributed by atoms with van der Waals surface area (Å²) < 4.78 is 0. The van der Waals surface area contributed by atoms with E-state index in [-0.39, 0.29) is 11.9 Å². The number of benzene rings is 1. The minimum Gasteiger partial charge on any atom is -0.392 e. The van der Waals surface area contributed by atoms with Crippen molar-refractivity contribution in [3.05, 3.63) is 33.8 Å². The van der Waals surface area contributed by atoms with E-state index < -0.39 is 0 Å². The van der Waals surface area contributed by atoms with E-state index in [2.05, 4.69) is 4.90 Å². The van der Waals surface area contributed by atoms with E-state index >= 15 is 0 Å². The number of carbonyl (C=O) groups is 1. The van der Waals surface area contributed by atoms with Crippen LogP contribution < -0.4 is 5.73 Å². The highest BCUT2D eigenvalue weighted by Gasteiger charge is 2.26. The summed E-state index contributed by atoms with van der Waals surface area (Å²) in [5.74, 6) is -0.0925. The Hall–Kier alpha value is -0.880. The number of nitrogens with zero attached hydrogens (tertiary/aromatic N) is 2. The van der Waals surface area contributed by atoms with E-state index in [4.69, 9.17) is 41.2 Å². The lowest BCUT2D eigenvalue weighted by Crippen LogP contribution is -2.54. The van der Waals surface area contributed by atoms with Gasteiger partial charge in [0.1, 0.15) is 0 Å². The molecule has 1 heterocycles. The zero-order valence-electron chi connectivity index (χ0n) is 11.7. The zero-order valence-corrected chi connectivity index (χ0v) is 14.0. The minimum atomic E-state index is -0.0925. The Morgan fingerprint density at radius 1 is 1.29 bits per heavy atom. The van der Waals surface area contributed by atoms with Crippen molar-refractivity contribution in [3.63, 3.8) is 0 Å². The molecule has 1 aromatic carbocycles. The van der Waals surface area contributed by atoms with E-state index in [1.807, 2.05) is 6.92 Å². The molecule has 0 aromatic heterocycles. The second kappa shape index (κ2) is 6.92. The third-order valence-corrected chi connectivity index (χ3v) is 4.63. The maximum atomic E-state index is 12.5. The molecule has 1 fully saturated rings. The van der Waals surface area contributed by atoms with Crippen molar-refractivity contribution < 1.29 is 4.79 Å². The average Bonchev–Trinajstić information content (AvgIpc) is 2.48. The normalized spacial score (nSPS) is 17.6. The lowest BCUT2D eigenvalue weighted by molar-refractivity contribution is 0.0622. The van der Waals surface area contributed by atoms with Crippen LogP contribution in [0.2, 0.25) is 10.0 Å². The van der Waals surface area contributed by atoms with Crippen LogP contribution in [-0.4, -0.2) is 52.9 Å². The second-order valence-corrected chi connectivity index (χ2v) is 6.35. The first-order chi connectivity index (χ1) is 9.90. The topological polar surface area (TPSA) is 49.6 Å². The van der Waals surface area contributed by atoms with E-state index in [1.54, 1.807) is 23.1 Å². The molecule has 1 amide bonds. The Balaban J connectivity index is 2.03. The van der Waals surface area contributed by atoms with Crippen molar-refractivity contribution in [2.75, 3.05) is 26.2 Å². The first-order valence-electron chi connectivity index (χ1n) is 6.68. The molecule has 1 unspecified atom stereocenters. The van der Waals surface area contributed by atoms with Crippen molar-refractivity contribution >= 4 is 46.3 Å². The van der Waals surface area contributed by atoms with Gasteiger partial charge in [-0.05, 0) is 25.1 Å². The molecule has 0 radical (unpaired) electrons. The summed E-state index contributed by atoms with van der Waals surface area (Å²) in [7, 11) is 0. The smallest absolute Gasteiger partial charge is 0.255 e. The van der Waals surface area contributed by atoms with E-state index in [0.29, 0.717) is 33.7 Å². The van der Waals surface area contributed by atoms with Crippen LogP contribution in [0.1, 0.15) is 17.3 Å². The monoisotopic (exact) mass is 345 g/mol. The molecule has 1 atom stereocenters. The molecule has 1 aromatic rings. The largest absolute Gasteiger partial charge is 0.392 e. The SMILES string of the molecule is CC(C(N)=S)N1CCN(C(=O)c2cc(Cl)ccc2Cl)CC1. The molecular formula is C14H17Cl2N3OS. The van der Waals surface area contributed by atoms with Gasteiger partial charge < -0.3 is 10.6 Å². The molecule has 21 heavy (non-hydrogen) atoms. The molecule has 0 spiro atoms. The standard InChI is InChI=1S/C14H17Cl2N3OS/c1-9(13(17)21)18-4-6-19(7-5-18)14(20)11-8-10(15)2-3-12(11)16/h2-3,8-9H,4-7H2,1H3,(H2,17,21). The summed E-state index contributed by atoms with van der Waals surface area (Å²) in [4.78, 5) is 16.9. The Labute approximate surface area is 139 Å². The van der Waals surface area contributed by atoms with Gasteiger partial charge in [0.25, 0.3) is 5.91 Å². The van der Waals surface area contributed by atoms with Crippen LogP contribution in [0, 0.1) is 0 Å². The molecule has 7 heteroatoms. The van der Waals surface area contributed by atoms with Crippen molar-refractivity contribution in [1.29, 1.82) is 0 Å². The van der Waals surface area contributed by atoms with Crippen LogP contribution in [0.4, 0.5) is 0 Å². The number of hydrogen-bond acceptors (Lipinski definition) is 3. The predicted molar refractivity (Wildman–Crippen MR) is 90.2 cm³/mol. The lowest BCUT2D eigenvalue weighted by atomic mass is 10.1. The molecule has 2 N–H and O–H groups in total. The van der Waals surface area contributed by atoms with E-state index in [0.717, 1.165) is 13.1 Å². The summed E-state index contributed by atoms with van der Waals surface area (Å²) in [6.45, 7) is 4.70. The highest BCUT2D eigenvalue weighted by Crippen LogP contribution is 2.22. The molecular weight excluding hydrogens is 329 g/mol. The highest BCUT2D eigenvalue weighted by atomic mass is 35.5. The average molecular weight is 346 g/mol. The Kier molecular flexibility index (Phi) is 5.43. The van der Waals surface area contributed by atoms with Gasteiger partial charge >= 0.3 is 0 Å². The molecule has 1 aliphatic heterocycles.